The molecule has 0 fully saturated rings. The van der Waals surface area contributed by atoms with Crippen molar-refractivity contribution in [3.05, 3.63) is 53.3 Å². The first-order valence-corrected chi connectivity index (χ1v) is 9.55. The van der Waals surface area contributed by atoms with Crippen LogP contribution >= 0.6 is 0 Å². The summed E-state index contributed by atoms with van der Waals surface area (Å²) in [5.41, 5.74) is 0.587. The van der Waals surface area contributed by atoms with E-state index in [9.17, 15) is 22.7 Å². The number of benzene rings is 2. The van der Waals surface area contributed by atoms with E-state index in [1.807, 2.05) is 0 Å². The minimum absolute atomic E-state index is 0.0507. The van der Waals surface area contributed by atoms with Crippen LogP contribution in [0, 0.1) is 12.7 Å². The Morgan fingerprint density at radius 3 is 2.42 bits per heavy atom. The summed E-state index contributed by atoms with van der Waals surface area (Å²) in [7, 11) is -3.74. The van der Waals surface area contributed by atoms with E-state index in [1.54, 1.807) is 20.8 Å². The van der Waals surface area contributed by atoms with Gasteiger partial charge in [-0.1, -0.05) is 19.9 Å². The van der Waals surface area contributed by atoms with E-state index in [0.717, 1.165) is 6.07 Å². The first-order valence-electron chi connectivity index (χ1n) is 8.11. The zero-order valence-electron chi connectivity index (χ0n) is 14.8. The number of aryl methyl sites for hydroxylation is 1. The van der Waals surface area contributed by atoms with Gasteiger partial charge in [0.05, 0.1) is 10.6 Å². The molecule has 0 aromatic heterocycles. The number of aromatic hydroxyl groups is 1. The molecule has 0 heterocycles. The summed E-state index contributed by atoms with van der Waals surface area (Å²) in [4.78, 5) is 12.3. The topological polar surface area (TPSA) is 86.7 Å². The highest BCUT2D eigenvalue weighted by Gasteiger charge is 2.23. The van der Waals surface area contributed by atoms with Crippen LogP contribution in [0.25, 0.3) is 0 Å². The molecule has 2 N–H and O–H groups in total. The second-order valence-electron chi connectivity index (χ2n) is 5.68. The number of phenols is 1. The highest BCUT2D eigenvalue weighted by atomic mass is 32.2. The third-order valence-corrected chi connectivity index (χ3v) is 6.05. The van der Waals surface area contributed by atoms with Crippen LogP contribution in [0.4, 0.5) is 10.1 Å². The van der Waals surface area contributed by atoms with Crippen molar-refractivity contribution in [2.24, 2.45) is 0 Å². The highest BCUT2D eigenvalue weighted by Crippen LogP contribution is 2.28. The number of carbonyl (C=O) groups is 1. The maximum absolute atomic E-state index is 13.4. The third kappa shape index (κ3) is 4.03. The lowest BCUT2D eigenvalue weighted by molar-refractivity contribution is 0.102. The van der Waals surface area contributed by atoms with Crippen molar-refractivity contribution in [1.82, 2.24) is 4.31 Å². The monoisotopic (exact) mass is 380 g/mol. The Labute approximate surface area is 152 Å². The van der Waals surface area contributed by atoms with Crippen molar-refractivity contribution in [2.75, 3.05) is 18.4 Å². The number of rotatable bonds is 6. The number of anilines is 1. The van der Waals surface area contributed by atoms with E-state index in [-0.39, 0.29) is 21.9 Å². The second-order valence-corrected chi connectivity index (χ2v) is 7.62. The number of carbonyl (C=O) groups excluding carboxylic acids is 1. The van der Waals surface area contributed by atoms with Crippen LogP contribution < -0.4 is 5.32 Å². The third-order valence-electron chi connectivity index (χ3n) is 4.00. The van der Waals surface area contributed by atoms with Gasteiger partial charge in [0.25, 0.3) is 5.91 Å². The largest absolute Gasteiger partial charge is 0.506 e. The smallest absolute Gasteiger partial charge is 0.256 e. The average molecular weight is 380 g/mol. The van der Waals surface area contributed by atoms with Gasteiger partial charge >= 0.3 is 0 Å². The summed E-state index contributed by atoms with van der Waals surface area (Å²) in [6.07, 6.45) is 0. The molecule has 0 saturated heterocycles. The Kier molecular flexibility index (Phi) is 5.99. The number of hydrogen-bond acceptors (Lipinski definition) is 4. The van der Waals surface area contributed by atoms with E-state index >= 15 is 0 Å². The summed E-state index contributed by atoms with van der Waals surface area (Å²) < 4.78 is 39.9. The van der Waals surface area contributed by atoms with Gasteiger partial charge in [-0.3, -0.25) is 4.79 Å². The van der Waals surface area contributed by atoms with E-state index in [0.29, 0.717) is 18.7 Å². The van der Waals surface area contributed by atoms with Gasteiger partial charge < -0.3 is 10.4 Å². The van der Waals surface area contributed by atoms with Crippen molar-refractivity contribution >= 4 is 21.6 Å². The van der Waals surface area contributed by atoms with E-state index in [1.165, 1.54) is 34.6 Å². The lowest BCUT2D eigenvalue weighted by atomic mass is 10.1. The summed E-state index contributed by atoms with van der Waals surface area (Å²) in [5.74, 6) is -1.50. The fraction of sp³-hybridized carbons (Fsp3) is 0.278. The van der Waals surface area contributed by atoms with Gasteiger partial charge in [0.15, 0.2) is 0 Å². The normalized spacial score (nSPS) is 11.6. The van der Waals surface area contributed by atoms with Gasteiger partial charge in [0.2, 0.25) is 10.0 Å². The Morgan fingerprint density at radius 1 is 1.15 bits per heavy atom. The first kappa shape index (κ1) is 19.9. The van der Waals surface area contributed by atoms with Crippen LogP contribution in [-0.2, 0) is 10.0 Å². The average Bonchev–Trinajstić information content (AvgIpc) is 2.59. The van der Waals surface area contributed by atoms with Crippen LogP contribution in [0.15, 0.2) is 41.3 Å². The van der Waals surface area contributed by atoms with Crippen LogP contribution in [-0.4, -0.2) is 36.8 Å². The molecule has 0 aliphatic rings. The minimum Gasteiger partial charge on any atom is -0.506 e. The predicted molar refractivity (Wildman–Crippen MR) is 97.3 cm³/mol. The molecule has 26 heavy (non-hydrogen) atoms. The van der Waals surface area contributed by atoms with Gasteiger partial charge in [-0.25, -0.2) is 12.8 Å². The second kappa shape index (κ2) is 7.84. The molecular formula is C18H21FN2O4S. The summed E-state index contributed by atoms with van der Waals surface area (Å²) in [5, 5.41) is 12.4. The van der Waals surface area contributed by atoms with Gasteiger partial charge in [0, 0.05) is 18.7 Å². The lowest BCUT2D eigenvalue weighted by Crippen LogP contribution is -2.30. The summed E-state index contributed by atoms with van der Waals surface area (Å²) >= 11 is 0. The molecular weight excluding hydrogens is 359 g/mol. The Balaban J connectivity index is 2.39. The molecule has 2 aromatic rings. The van der Waals surface area contributed by atoms with Gasteiger partial charge in [-0.15, -0.1) is 0 Å². The molecule has 0 bridgehead atoms. The number of amides is 1. The number of nitrogens with one attached hydrogen (secondary N) is 1. The van der Waals surface area contributed by atoms with E-state index in [4.69, 9.17) is 0 Å². The molecule has 0 radical (unpaired) electrons. The molecule has 8 heteroatoms. The number of sulfonamides is 1. The summed E-state index contributed by atoms with van der Waals surface area (Å²) in [6.45, 7) is 5.68. The quantitative estimate of drug-likeness (QED) is 0.754. The maximum Gasteiger partial charge on any atom is 0.256 e. The summed E-state index contributed by atoms with van der Waals surface area (Å²) in [6, 6.07) is 7.44. The van der Waals surface area contributed by atoms with E-state index < -0.39 is 21.7 Å². The van der Waals surface area contributed by atoms with E-state index in [2.05, 4.69) is 5.32 Å². The molecule has 2 rings (SSSR count). The Morgan fingerprint density at radius 2 is 1.81 bits per heavy atom. The molecule has 0 aliphatic carbocycles. The molecule has 140 valence electrons. The fourth-order valence-corrected chi connectivity index (χ4v) is 4.00. The van der Waals surface area contributed by atoms with Gasteiger partial charge in [-0.05, 0) is 42.8 Å². The van der Waals surface area contributed by atoms with Crippen LogP contribution in [0.1, 0.15) is 29.8 Å². The standard InChI is InChI=1S/C18H21FN2O4S/c1-4-21(5-2)26(24,25)14-8-9-17(22)16(11-14)20-18(23)15-10-13(19)7-6-12(15)3/h6-11,22H,4-5H2,1-3H3,(H,20,23). The number of phenolic OH excluding ortho intramolecular Hbond substituents is 1. The fourth-order valence-electron chi connectivity index (χ4n) is 2.52. The van der Waals surface area contributed by atoms with Crippen LogP contribution in [0.2, 0.25) is 0 Å². The van der Waals surface area contributed by atoms with Crippen molar-refractivity contribution in [3.8, 4) is 5.75 Å². The molecule has 0 spiro atoms. The highest BCUT2D eigenvalue weighted by molar-refractivity contribution is 7.89. The Bertz CT molecular complexity index is 925. The number of hydrogen-bond donors (Lipinski definition) is 2. The molecule has 6 nitrogen and oxygen atoms in total. The molecule has 0 atom stereocenters. The van der Waals surface area contributed by atoms with Crippen molar-refractivity contribution in [2.45, 2.75) is 25.7 Å². The lowest BCUT2D eigenvalue weighted by Gasteiger charge is -2.19. The number of halogens is 1. The van der Waals surface area contributed by atoms with Gasteiger partial charge in [0.1, 0.15) is 11.6 Å². The van der Waals surface area contributed by atoms with Crippen molar-refractivity contribution in [1.29, 1.82) is 0 Å². The Hall–Kier alpha value is -2.45. The zero-order chi connectivity index (χ0) is 19.5. The number of nitrogens with zero attached hydrogens (tertiary/aromatic N) is 1. The molecule has 0 aliphatic heterocycles. The molecule has 2 aromatic carbocycles. The SMILES string of the molecule is CCN(CC)S(=O)(=O)c1ccc(O)c(NC(=O)c2cc(F)ccc2C)c1. The first-order chi connectivity index (χ1) is 12.2. The van der Waals surface area contributed by atoms with Gasteiger partial charge in [-0.2, -0.15) is 4.31 Å². The molecule has 1 amide bonds. The predicted octanol–water partition coefficient (Wildman–Crippen LogP) is 3.12. The minimum atomic E-state index is -3.74. The molecule has 0 saturated carbocycles. The molecule has 0 unspecified atom stereocenters. The van der Waals surface area contributed by atoms with Crippen molar-refractivity contribution in [3.63, 3.8) is 0 Å². The van der Waals surface area contributed by atoms with Crippen molar-refractivity contribution < 1.29 is 22.7 Å². The van der Waals surface area contributed by atoms with Crippen LogP contribution in [0.3, 0.4) is 0 Å². The zero-order valence-corrected chi connectivity index (χ0v) is 15.6. The van der Waals surface area contributed by atoms with Crippen LogP contribution in [0.5, 0.6) is 5.75 Å². The maximum atomic E-state index is 13.4.